The third-order valence-corrected chi connectivity index (χ3v) is 5.31. The van der Waals surface area contributed by atoms with Crippen LogP contribution in [-0.4, -0.2) is 28.9 Å². The summed E-state index contributed by atoms with van der Waals surface area (Å²) in [6.45, 7) is 4.35. The lowest BCUT2D eigenvalue weighted by molar-refractivity contribution is -0.148. The van der Waals surface area contributed by atoms with E-state index in [-0.39, 0.29) is 0 Å². The van der Waals surface area contributed by atoms with Crippen molar-refractivity contribution in [2.45, 2.75) is 38.8 Å². The molecule has 1 aliphatic heterocycles. The average molecular weight is 432 g/mol. The summed E-state index contributed by atoms with van der Waals surface area (Å²) < 4.78 is 6.74. The lowest BCUT2D eigenvalue weighted by Gasteiger charge is -2.38. The molecule has 0 radical (unpaired) electrons. The van der Waals surface area contributed by atoms with Gasteiger partial charge in [0.1, 0.15) is 0 Å². The van der Waals surface area contributed by atoms with Crippen LogP contribution < -0.4 is 15.0 Å². The number of anilines is 1. The minimum atomic E-state index is -1.63. The molecule has 2 amide bonds. The predicted molar refractivity (Wildman–Crippen MR) is 107 cm³/mol. The van der Waals surface area contributed by atoms with Gasteiger partial charge in [-0.1, -0.05) is 47.5 Å². The van der Waals surface area contributed by atoms with E-state index in [0.717, 1.165) is 22.9 Å². The maximum atomic E-state index is 13.1. The molecule has 6 nitrogen and oxygen atoms in total. The van der Waals surface area contributed by atoms with Crippen molar-refractivity contribution in [2.24, 2.45) is 0 Å². The fourth-order valence-electron chi connectivity index (χ4n) is 2.93. The first-order valence-corrected chi connectivity index (χ1v) is 9.74. The van der Waals surface area contributed by atoms with Gasteiger partial charge in [0.15, 0.2) is 11.6 Å². The maximum Gasteiger partial charge on any atom is 0.282 e. The van der Waals surface area contributed by atoms with Crippen molar-refractivity contribution in [1.29, 1.82) is 0 Å². The second-order valence-electron chi connectivity index (χ2n) is 6.54. The van der Waals surface area contributed by atoms with Crippen LogP contribution >= 0.6 is 15.9 Å². The van der Waals surface area contributed by atoms with Crippen molar-refractivity contribution in [3.8, 4) is 5.75 Å². The van der Waals surface area contributed by atoms with Crippen LogP contribution in [0.5, 0.6) is 5.75 Å². The molecule has 2 aromatic rings. The Morgan fingerprint density at radius 1 is 1.30 bits per heavy atom. The number of nitrogens with one attached hydrogen (secondary N) is 1. The first kappa shape index (κ1) is 19.4. The summed E-state index contributed by atoms with van der Waals surface area (Å²) >= 11 is 3.46. The summed E-state index contributed by atoms with van der Waals surface area (Å²) in [6.07, 6.45) is 3.36. The molecule has 0 spiro atoms. The number of ether oxygens (including phenoxy) is 1. The number of aromatic nitrogens is 1. The Morgan fingerprint density at radius 2 is 2.07 bits per heavy atom. The number of nitrogens with zero attached hydrogens (tertiary/aromatic N) is 2. The summed E-state index contributed by atoms with van der Waals surface area (Å²) in [5.41, 5.74) is -0.715. The van der Waals surface area contributed by atoms with Gasteiger partial charge in [-0.2, -0.15) is 0 Å². The molecule has 0 saturated carbocycles. The molecular weight excluding hydrogens is 410 g/mol. The Balaban J connectivity index is 1.84. The number of rotatable bonds is 6. The molecule has 0 aliphatic carbocycles. The van der Waals surface area contributed by atoms with Crippen molar-refractivity contribution < 1.29 is 14.3 Å². The van der Waals surface area contributed by atoms with Crippen molar-refractivity contribution >= 4 is 33.6 Å². The molecule has 142 valence electrons. The molecule has 0 fully saturated rings. The minimum absolute atomic E-state index is 0.293. The van der Waals surface area contributed by atoms with Crippen molar-refractivity contribution in [3.05, 3.63) is 52.6 Å². The highest BCUT2D eigenvalue weighted by atomic mass is 79.9. The standard InChI is InChI=1S/C20H22BrN3O3/c1-3-4-12-24-17-16(10-7-11-22-17)27-20(2,19(24)26)18(25)23-13-14-8-5-6-9-15(14)21/h5-11H,3-4,12-13H2,1-2H3,(H,23,25)/t20-/m1/s1. The summed E-state index contributed by atoms with van der Waals surface area (Å²) in [6, 6.07) is 11.1. The zero-order chi connectivity index (χ0) is 19.4. The van der Waals surface area contributed by atoms with Gasteiger partial charge in [0.2, 0.25) is 0 Å². The van der Waals surface area contributed by atoms with Crippen LogP contribution in [0, 0.1) is 0 Å². The lowest BCUT2D eigenvalue weighted by atomic mass is 10.0. The highest BCUT2D eigenvalue weighted by molar-refractivity contribution is 9.10. The largest absolute Gasteiger partial charge is 0.464 e. The molecule has 0 saturated heterocycles. The van der Waals surface area contributed by atoms with E-state index in [1.165, 1.54) is 6.92 Å². The average Bonchev–Trinajstić information content (AvgIpc) is 2.67. The van der Waals surface area contributed by atoms with Gasteiger partial charge < -0.3 is 10.1 Å². The van der Waals surface area contributed by atoms with E-state index >= 15 is 0 Å². The number of benzene rings is 1. The summed E-state index contributed by atoms with van der Waals surface area (Å²) in [4.78, 5) is 31.9. The Morgan fingerprint density at radius 3 is 2.81 bits per heavy atom. The van der Waals surface area contributed by atoms with Gasteiger partial charge >= 0.3 is 0 Å². The van der Waals surface area contributed by atoms with E-state index < -0.39 is 17.4 Å². The molecule has 0 unspecified atom stereocenters. The zero-order valence-electron chi connectivity index (χ0n) is 15.4. The number of fused-ring (bicyclic) bond motifs is 1. The van der Waals surface area contributed by atoms with Gasteiger partial charge in [-0.15, -0.1) is 0 Å². The van der Waals surface area contributed by atoms with Gasteiger partial charge in [-0.05, 0) is 37.1 Å². The molecule has 2 heterocycles. The number of hydrogen-bond donors (Lipinski definition) is 1. The fourth-order valence-corrected chi connectivity index (χ4v) is 3.36. The van der Waals surface area contributed by atoms with Crippen LogP contribution in [0.25, 0.3) is 0 Å². The van der Waals surface area contributed by atoms with Gasteiger partial charge in [-0.3, -0.25) is 14.5 Å². The molecule has 27 heavy (non-hydrogen) atoms. The lowest BCUT2D eigenvalue weighted by Crippen LogP contribution is -2.62. The Bertz CT molecular complexity index is 858. The number of halogens is 1. The van der Waals surface area contributed by atoms with Gasteiger partial charge in [0, 0.05) is 23.8 Å². The molecule has 1 aromatic heterocycles. The molecule has 0 bridgehead atoms. The monoisotopic (exact) mass is 431 g/mol. The summed E-state index contributed by atoms with van der Waals surface area (Å²) in [5, 5.41) is 2.83. The highest BCUT2D eigenvalue weighted by Gasteiger charge is 2.50. The SMILES string of the molecule is CCCCN1C(=O)[C@@](C)(C(=O)NCc2ccccc2Br)Oc2cccnc21. The molecule has 1 atom stereocenters. The third-order valence-electron chi connectivity index (χ3n) is 4.54. The second kappa shape index (κ2) is 8.08. The van der Waals surface area contributed by atoms with Gasteiger partial charge in [0.25, 0.3) is 17.4 Å². The van der Waals surface area contributed by atoms with E-state index in [1.54, 1.807) is 23.2 Å². The minimum Gasteiger partial charge on any atom is -0.464 e. The second-order valence-corrected chi connectivity index (χ2v) is 7.40. The molecule has 1 N–H and O–H groups in total. The Labute approximate surface area is 167 Å². The number of carbonyl (C=O) groups is 2. The van der Waals surface area contributed by atoms with E-state index in [4.69, 9.17) is 4.74 Å². The van der Waals surface area contributed by atoms with Crippen molar-refractivity contribution in [2.75, 3.05) is 11.4 Å². The quantitative estimate of drug-likeness (QED) is 0.710. The van der Waals surface area contributed by atoms with Crippen molar-refractivity contribution in [3.63, 3.8) is 0 Å². The van der Waals surface area contributed by atoms with Crippen molar-refractivity contribution in [1.82, 2.24) is 10.3 Å². The number of carbonyl (C=O) groups excluding carboxylic acids is 2. The van der Waals surface area contributed by atoms with Gasteiger partial charge in [0.05, 0.1) is 0 Å². The summed E-state index contributed by atoms with van der Waals surface area (Å²) in [7, 11) is 0. The summed E-state index contributed by atoms with van der Waals surface area (Å²) in [5.74, 6) is 0.0322. The van der Waals surface area contributed by atoms with Crippen LogP contribution in [0.4, 0.5) is 5.82 Å². The van der Waals surface area contributed by atoms with Crippen LogP contribution in [0.1, 0.15) is 32.3 Å². The fraction of sp³-hybridized carbons (Fsp3) is 0.350. The maximum absolute atomic E-state index is 13.1. The number of hydrogen-bond acceptors (Lipinski definition) is 4. The first-order chi connectivity index (χ1) is 13.0. The topological polar surface area (TPSA) is 71.5 Å². The van der Waals surface area contributed by atoms with Crippen LogP contribution in [0.2, 0.25) is 0 Å². The van der Waals surface area contributed by atoms with E-state index in [0.29, 0.717) is 24.7 Å². The normalized spacial score (nSPS) is 18.6. The van der Waals surface area contributed by atoms with E-state index in [9.17, 15) is 9.59 Å². The van der Waals surface area contributed by atoms with Crippen LogP contribution in [-0.2, 0) is 16.1 Å². The smallest absolute Gasteiger partial charge is 0.282 e. The molecular formula is C20H22BrN3O3. The van der Waals surface area contributed by atoms with E-state index in [2.05, 4.69) is 26.2 Å². The zero-order valence-corrected chi connectivity index (χ0v) is 17.0. The molecule has 1 aromatic carbocycles. The van der Waals surface area contributed by atoms with E-state index in [1.807, 2.05) is 31.2 Å². The molecule has 3 rings (SSSR count). The number of pyridine rings is 1. The van der Waals surface area contributed by atoms with Crippen LogP contribution in [0.15, 0.2) is 47.1 Å². The van der Waals surface area contributed by atoms with Gasteiger partial charge in [-0.25, -0.2) is 4.98 Å². The Kier molecular flexibility index (Phi) is 5.79. The van der Waals surface area contributed by atoms with Crippen LogP contribution in [0.3, 0.4) is 0 Å². The third kappa shape index (κ3) is 3.83. The predicted octanol–water partition coefficient (Wildman–Crippen LogP) is 3.44. The number of unbranched alkanes of at least 4 members (excludes halogenated alkanes) is 1. The molecule has 7 heteroatoms. The Hall–Kier alpha value is -2.41. The first-order valence-electron chi connectivity index (χ1n) is 8.95. The molecule has 1 aliphatic rings. The highest BCUT2D eigenvalue weighted by Crippen LogP contribution is 2.36. The number of amides is 2.